The van der Waals surface area contributed by atoms with Crippen LogP contribution in [0.2, 0.25) is 0 Å². The van der Waals surface area contributed by atoms with Crippen molar-refractivity contribution >= 4 is 17.9 Å². The molecule has 0 fully saturated rings. The molecule has 3 heterocycles. The maximum Gasteiger partial charge on any atom is 0.363 e. The van der Waals surface area contributed by atoms with Crippen LogP contribution < -0.4 is 18.9 Å². The van der Waals surface area contributed by atoms with Crippen LogP contribution in [-0.2, 0) is 9.53 Å². The van der Waals surface area contributed by atoms with Gasteiger partial charge in [0.25, 0.3) is 0 Å². The van der Waals surface area contributed by atoms with E-state index in [0.29, 0.717) is 34.1 Å². The summed E-state index contributed by atoms with van der Waals surface area (Å²) in [6, 6.07) is 10.7. The van der Waals surface area contributed by atoms with E-state index >= 15 is 0 Å². The van der Waals surface area contributed by atoms with Crippen molar-refractivity contribution in [3.63, 3.8) is 0 Å². The maximum atomic E-state index is 12.2. The molecule has 0 spiro atoms. The molecule has 0 aromatic heterocycles. The third kappa shape index (κ3) is 2.28. The molecule has 0 N–H and O–H groups in total. The topological polar surface area (TPSA) is 75.6 Å². The number of ether oxygens (including phenoxy) is 5. The highest BCUT2D eigenvalue weighted by Gasteiger charge is 2.27. The maximum absolute atomic E-state index is 12.2. The fraction of sp³-hybridized carbons (Fsp3) is 0.111. The van der Waals surface area contributed by atoms with Crippen LogP contribution in [0.25, 0.3) is 6.08 Å². The summed E-state index contributed by atoms with van der Waals surface area (Å²) in [4.78, 5) is 16.5. The molecular formula is C18H11NO6. The van der Waals surface area contributed by atoms with Crippen LogP contribution in [0.4, 0.5) is 0 Å². The third-order valence-electron chi connectivity index (χ3n) is 3.96. The first-order chi connectivity index (χ1) is 12.3. The van der Waals surface area contributed by atoms with E-state index in [2.05, 4.69) is 4.99 Å². The molecule has 0 aliphatic carbocycles. The molecule has 7 nitrogen and oxygen atoms in total. The molecule has 5 rings (SSSR count). The second-order valence-electron chi connectivity index (χ2n) is 5.49. The van der Waals surface area contributed by atoms with E-state index in [1.807, 2.05) is 12.1 Å². The zero-order valence-electron chi connectivity index (χ0n) is 12.9. The first-order valence-corrected chi connectivity index (χ1v) is 7.59. The van der Waals surface area contributed by atoms with Gasteiger partial charge in [0, 0.05) is 11.1 Å². The minimum Gasteiger partial charge on any atom is -0.454 e. The Labute approximate surface area is 142 Å². The lowest BCUT2D eigenvalue weighted by Crippen LogP contribution is -2.05. The lowest BCUT2D eigenvalue weighted by atomic mass is 10.1. The van der Waals surface area contributed by atoms with Crippen LogP contribution in [0.15, 0.2) is 47.1 Å². The summed E-state index contributed by atoms with van der Waals surface area (Å²) in [5.74, 6) is 2.18. The predicted octanol–water partition coefficient (Wildman–Crippen LogP) is 2.49. The second kappa shape index (κ2) is 5.27. The van der Waals surface area contributed by atoms with Gasteiger partial charge in [-0.15, -0.1) is 0 Å². The highest BCUT2D eigenvalue weighted by molar-refractivity contribution is 6.13. The Morgan fingerprint density at radius 1 is 0.920 bits per heavy atom. The second-order valence-corrected chi connectivity index (χ2v) is 5.49. The SMILES string of the molecule is O=C1OC(c2ccc3c(c2)OCO3)=NC1=Cc1cccc2c1OCO2. The molecule has 0 bridgehead atoms. The van der Waals surface area contributed by atoms with Crippen LogP contribution in [0.3, 0.4) is 0 Å². The van der Waals surface area contributed by atoms with Crippen LogP contribution in [0, 0.1) is 0 Å². The number of esters is 1. The predicted molar refractivity (Wildman–Crippen MR) is 85.7 cm³/mol. The summed E-state index contributed by atoms with van der Waals surface area (Å²) >= 11 is 0. The van der Waals surface area contributed by atoms with E-state index in [1.165, 1.54) is 0 Å². The van der Waals surface area contributed by atoms with Gasteiger partial charge in [0.1, 0.15) is 0 Å². The normalized spacial score (nSPS) is 18.5. The van der Waals surface area contributed by atoms with Gasteiger partial charge in [-0.3, -0.25) is 0 Å². The number of carbonyl (C=O) groups is 1. The van der Waals surface area contributed by atoms with Crippen LogP contribution in [0.5, 0.6) is 23.0 Å². The lowest BCUT2D eigenvalue weighted by molar-refractivity contribution is -0.129. The van der Waals surface area contributed by atoms with Gasteiger partial charge in [-0.05, 0) is 30.3 Å². The molecule has 2 aromatic rings. The van der Waals surface area contributed by atoms with Gasteiger partial charge in [0.05, 0.1) is 0 Å². The zero-order valence-corrected chi connectivity index (χ0v) is 12.9. The molecule has 0 amide bonds. The van der Waals surface area contributed by atoms with E-state index in [0.717, 1.165) is 0 Å². The smallest absolute Gasteiger partial charge is 0.363 e. The molecular weight excluding hydrogens is 326 g/mol. The van der Waals surface area contributed by atoms with Crippen LogP contribution in [-0.4, -0.2) is 25.5 Å². The molecule has 25 heavy (non-hydrogen) atoms. The van der Waals surface area contributed by atoms with Crippen molar-refractivity contribution in [3.8, 4) is 23.0 Å². The molecule has 0 radical (unpaired) electrons. The largest absolute Gasteiger partial charge is 0.454 e. The average molecular weight is 337 g/mol. The van der Waals surface area contributed by atoms with Crippen molar-refractivity contribution in [1.82, 2.24) is 0 Å². The number of nitrogens with zero attached hydrogens (tertiary/aromatic N) is 1. The number of fused-ring (bicyclic) bond motifs is 2. The number of benzene rings is 2. The molecule has 2 aromatic carbocycles. The van der Waals surface area contributed by atoms with Gasteiger partial charge >= 0.3 is 5.97 Å². The number of rotatable bonds is 2. The number of hydrogen-bond donors (Lipinski definition) is 0. The molecule has 3 aliphatic heterocycles. The van der Waals surface area contributed by atoms with E-state index in [-0.39, 0.29) is 25.2 Å². The number of cyclic esters (lactones) is 1. The van der Waals surface area contributed by atoms with Crippen molar-refractivity contribution in [1.29, 1.82) is 0 Å². The van der Waals surface area contributed by atoms with E-state index in [9.17, 15) is 4.79 Å². The van der Waals surface area contributed by atoms with Gasteiger partial charge in [-0.25, -0.2) is 9.79 Å². The van der Waals surface area contributed by atoms with Crippen molar-refractivity contribution in [3.05, 3.63) is 53.2 Å². The molecule has 0 atom stereocenters. The first-order valence-electron chi connectivity index (χ1n) is 7.59. The quantitative estimate of drug-likeness (QED) is 0.619. The fourth-order valence-electron chi connectivity index (χ4n) is 2.78. The zero-order chi connectivity index (χ0) is 16.8. The van der Waals surface area contributed by atoms with Crippen molar-refractivity contribution < 1.29 is 28.5 Å². The van der Waals surface area contributed by atoms with Gasteiger partial charge in [0.15, 0.2) is 28.7 Å². The summed E-state index contributed by atoms with van der Waals surface area (Å²) in [6.45, 7) is 0.336. The Hall–Kier alpha value is -3.48. The van der Waals surface area contributed by atoms with Gasteiger partial charge in [0.2, 0.25) is 19.5 Å². The molecule has 7 heteroatoms. The Balaban J connectivity index is 1.51. The Morgan fingerprint density at radius 2 is 1.76 bits per heavy atom. The fourth-order valence-corrected chi connectivity index (χ4v) is 2.78. The standard InChI is InChI=1S/C18H11NO6/c20-18-12(6-10-2-1-3-14-16(10)24-9-22-14)19-17(25-18)11-4-5-13-15(7-11)23-8-21-13/h1-7H,8-9H2. The van der Waals surface area contributed by atoms with Crippen molar-refractivity contribution in [2.75, 3.05) is 13.6 Å². The summed E-state index contributed by atoms with van der Waals surface area (Å²) in [5.41, 5.74) is 1.54. The molecule has 0 saturated heterocycles. The summed E-state index contributed by atoms with van der Waals surface area (Å²) in [6.07, 6.45) is 1.62. The third-order valence-corrected chi connectivity index (χ3v) is 3.96. The van der Waals surface area contributed by atoms with Crippen molar-refractivity contribution in [2.24, 2.45) is 4.99 Å². The molecule has 0 saturated carbocycles. The van der Waals surface area contributed by atoms with E-state index in [1.54, 1.807) is 30.3 Å². The lowest BCUT2D eigenvalue weighted by Gasteiger charge is -2.01. The summed E-state index contributed by atoms with van der Waals surface area (Å²) in [7, 11) is 0. The van der Waals surface area contributed by atoms with Crippen LogP contribution >= 0.6 is 0 Å². The highest BCUT2D eigenvalue weighted by atomic mass is 16.7. The number of carbonyl (C=O) groups excluding carboxylic acids is 1. The van der Waals surface area contributed by atoms with E-state index in [4.69, 9.17) is 23.7 Å². The number of para-hydroxylation sites is 1. The Bertz CT molecular complexity index is 962. The molecule has 3 aliphatic rings. The van der Waals surface area contributed by atoms with Crippen molar-refractivity contribution in [2.45, 2.75) is 0 Å². The minimum absolute atomic E-state index is 0.158. The van der Waals surface area contributed by atoms with Crippen LogP contribution in [0.1, 0.15) is 11.1 Å². The highest BCUT2D eigenvalue weighted by Crippen LogP contribution is 2.37. The summed E-state index contributed by atoms with van der Waals surface area (Å²) in [5, 5.41) is 0. The molecule has 0 unspecified atom stereocenters. The molecule has 124 valence electrons. The monoisotopic (exact) mass is 337 g/mol. The van der Waals surface area contributed by atoms with E-state index < -0.39 is 5.97 Å². The Morgan fingerprint density at radius 3 is 2.72 bits per heavy atom. The first kappa shape index (κ1) is 13.9. The van der Waals surface area contributed by atoms with Gasteiger partial charge in [-0.1, -0.05) is 12.1 Å². The average Bonchev–Trinajstić information content (AvgIpc) is 3.34. The summed E-state index contributed by atoms with van der Waals surface area (Å²) < 4.78 is 26.7. The number of aliphatic imine (C=N–C) groups is 1. The van der Waals surface area contributed by atoms with Gasteiger partial charge in [-0.2, -0.15) is 0 Å². The number of hydrogen-bond acceptors (Lipinski definition) is 7. The van der Waals surface area contributed by atoms with Gasteiger partial charge < -0.3 is 23.7 Å². The Kier molecular flexibility index (Phi) is 2.93. The minimum atomic E-state index is -0.524.